The molecule has 2 heterocycles. The molecule has 0 aromatic carbocycles. The molecule has 5 nitrogen and oxygen atoms in total. The number of carbonyl (C=O) groups is 1. The Morgan fingerprint density at radius 3 is 3.13 bits per heavy atom. The van der Waals surface area contributed by atoms with Gasteiger partial charge in [-0.15, -0.1) is 0 Å². The average molecular weight is 318 g/mol. The first kappa shape index (κ1) is 16.4. The predicted molar refractivity (Wildman–Crippen MR) is 86.9 cm³/mol. The highest BCUT2D eigenvalue weighted by Gasteiger charge is 2.50. The number of hydrogen-bond donors (Lipinski definition) is 0. The zero-order valence-corrected chi connectivity index (χ0v) is 14.1. The number of methoxy groups -OCH3 is 1. The summed E-state index contributed by atoms with van der Waals surface area (Å²) in [6.07, 6.45) is 3.58. The van der Waals surface area contributed by atoms with Gasteiger partial charge in [0.05, 0.1) is 18.9 Å². The van der Waals surface area contributed by atoms with Crippen LogP contribution < -0.4 is 0 Å². The van der Waals surface area contributed by atoms with Gasteiger partial charge in [0, 0.05) is 31.3 Å². The fourth-order valence-corrected chi connectivity index (χ4v) is 4.09. The van der Waals surface area contributed by atoms with Crippen LogP contribution in [0.5, 0.6) is 0 Å². The topological polar surface area (TPSA) is 51.7 Å². The predicted octanol–water partition coefficient (Wildman–Crippen LogP) is 2.18. The summed E-state index contributed by atoms with van der Waals surface area (Å²) in [6.45, 7) is 5.09. The van der Waals surface area contributed by atoms with E-state index in [4.69, 9.17) is 9.47 Å². The van der Waals surface area contributed by atoms with E-state index < -0.39 is 0 Å². The SMILES string of the molecule is COCC(=O)N1C[C@@H]2CCC[C@]2(COCc2cccc(C)n2)C1. The highest BCUT2D eigenvalue weighted by Crippen LogP contribution is 2.48. The van der Waals surface area contributed by atoms with Crippen LogP contribution in [0.15, 0.2) is 18.2 Å². The minimum absolute atomic E-state index is 0.0987. The Labute approximate surface area is 138 Å². The van der Waals surface area contributed by atoms with Crippen molar-refractivity contribution in [3.63, 3.8) is 0 Å². The van der Waals surface area contributed by atoms with E-state index in [0.717, 1.165) is 30.9 Å². The van der Waals surface area contributed by atoms with Crippen LogP contribution in [-0.2, 0) is 20.9 Å². The molecule has 0 N–H and O–H groups in total. The molecule has 1 aromatic heterocycles. The molecule has 126 valence electrons. The Kier molecular flexibility index (Phi) is 4.97. The summed E-state index contributed by atoms with van der Waals surface area (Å²) in [6, 6.07) is 6.00. The van der Waals surface area contributed by atoms with Crippen molar-refractivity contribution in [2.75, 3.05) is 33.4 Å². The van der Waals surface area contributed by atoms with Gasteiger partial charge in [0.1, 0.15) is 6.61 Å². The van der Waals surface area contributed by atoms with E-state index in [-0.39, 0.29) is 17.9 Å². The second-order valence-electron chi connectivity index (χ2n) is 6.92. The summed E-state index contributed by atoms with van der Waals surface area (Å²) < 4.78 is 11.0. The number of amides is 1. The van der Waals surface area contributed by atoms with Crippen molar-refractivity contribution in [3.8, 4) is 0 Å². The number of likely N-dealkylation sites (tertiary alicyclic amines) is 1. The second kappa shape index (κ2) is 6.97. The van der Waals surface area contributed by atoms with Gasteiger partial charge in [0.15, 0.2) is 0 Å². The van der Waals surface area contributed by atoms with Crippen molar-refractivity contribution in [3.05, 3.63) is 29.6 Å². The molecule has 1 saturated carbocycles. The maximum Gasteiger partial charge on any atom is 0.248 e. The zero-order valence-electron chi connectivity index (χ0n) is 14.1. The van der Waals surface area contributed by atoms with E-state index in [9.17, 15) is 4.79 Å². The first-order valence-corrected chi connectivity index (χ1v) is 8.40. The largest absolute Gasteiger partial charge is 0.375 e. The van der Waals surface area contributed by atoms with Crippen LogP contribution in [0.1, 0.15) is 30.7 Å². The first-order chi connectivity index (χ1) is 11.1. The van der Waals surface area contributed by atoms with Crippen molar-refractivity contribution >= 4 is 5.91 Å². The normalized spacial score (nSPS) is 26.5. The molecule has 1 aromatic rings. The standard InChI is InChI=1S/C18H26N2O3/c1-14-5-3-7-16(19-14)10-23-13-18-8-4-6-15(18)9-20(12-18)17(21)11-22-2/h3,5,7,15H,4,6,8-13H2,1-2H3/t15-,18+/m0/s1. The van der Waals surface area contributed by atoms with Crippen LogP contribution in [0.25, 0.3) is 0 Å². The minimum Gasteiger partial charge on any atom is -0.375 e. The van der Waals surface area contributed by atoms with E-state index >= 15 is 0 Å². The van der Waals surface area contributed by atoms with Gasteiger partial charge in [0.2, 0.25) is 5.91 Å². The van der Waals surface area contributed by atoms with Gasteiger partial charge in [-0.25, -0.2) is 0 Å². The zero-order chi connectivity index (χ0) is 16.3. The van der Waals surface area contributed by atoms with E-state index in [1.807, 2.05) is 30.0 Å². The Balaban J connectivity index is 1.58. The van der Waals surface area contributed by atoms with Gasteiger partial charge in [0.25, 0.3) is 0 Å². The van der Waals surface area contributed by atoms with Gasteiger partial charge in [-0.1, -0.05) is 12.5 Å². The van der Waals surface area contributed by atoms with Crippen LogP contribution in [0, 0.1) is 18.3 Å². The summed E-state index contributed by atoms with van der Waals surface area (Å²) in [7, 11) is 1.57. The number of pyridine rings is 1. The lowest BCUT2D eigenvalue weighted by molar-refractivity contribution is -0.134. The molecule has 2 atom stereocenters. The average Bonchev–Trinajstić information content (AvgIpc) is 3.04. The van der Waals surface area contributed by atoms with Crippen molar-refractivity contribution in [1.82, 2.24) is 9.88 Å². The second-order valence-corrected chi connectivity index (χ2v) is 6.92. The molecule has 1 aliphatic heterocycles. The quantitative estimate of drug-likeness (QED) is 0.807. The van der Waals surface area contributed by atoms with Crippen LogP contribution in [0.3, 0.4) is 0 Å². The fourth-order valence-electron chi connectivity index (χ4n) is 4.09. The van der Waals surface area contributed by atoms with Gasteiger partial charge >= 0.3 is 0 Å². The molecule has 0 bridgehead atoms. The molecule has 5 heteroatoms. The lowest BCUT2D eigenvalue weighted by Crippen LogP contribution is -2.36. The van der Waals surface area contributed by atoms with Gasteiger partial charge in [-0.05, 0) is 37.8 Å². The number of hydrogen-bond acceptors (Lipinski definition) is 4. The molecule has 1 amide bonds. The summed E-state index contributed by atoms with van der Waals surface area (Å²) >= 11 is 0. The summed E-state index contributed by atoms with van der Waals surface area (Å²) in [5.74, 6) is 0.662. The lowest BCUT2D eigenvalue weighted by Gasteiger charge is -2.28. The maximum atomic E-state index is 12.1. The van der Waals surface area contributed by atoms with E-state index in [1.165, 1.54) is 12.8 Å². The first-order valence-electron chi connectivity index (χ1n) is 8.40. The van der Waals surface area contributed by atoms with Crippen LogP contribution in [0.4, 0.5) is 0 Å². The molecule has 1 saturated heterocycles. The third kappa shape index (κ3) is 3.56. The Morgan fingerprint density at radius 1 is 1.48 bits per heavy atom. The summed E-state index contributed by atoms with van der Waals surface area (Å²) in [4.78, 5) is 18.5. The minimum atomic E-state index is 0.0987. The maximum absolute atomic E-state index is 12.1. The fraction of sp³-hybridized carbons (Fsp3) is 0.667. The number of ether oxygens (including phenoxy) is 2. The molecular formula is C18H26N2O3. The van der Waals surface area contributed by atoms with Gasteiger partial charge < -0.3 is 14.4 Å². The van der Waals surface area contributed by atoms with Crippen molar-refractivity contribution < 1.29 is 14.3 Å². The molecule has 3 rings (SSSR count). The van der Waals surface area contributed by atoms with Crippen LogP contribution >= 0.6 is 0 Å². The third-order valence-corrected chi connectivity index (χ3v) is 5.25. The van der Waals surface area contributed by atoms with Crippen LogP contribution in [-0.4, -0.2) is 49.2 Å². The van der Waals surface area contributed by atoms with Crippen molar-refractivity contribution in [2.24, 2.45) is 11.3 Å². The van der Waals surface area contributed by atoms with E-state index in [1.54, 1.807) is 7.11 Å². The molecule has 2 aliphatic rings. The monoisotopic (exact) mass is 318 g/mol. The number of carbonyl (C=O) groups excluding carboxylic acids is 1. The molecule has 2 fully saturated rings. The third-order valence-electron chi connectivity index (χ3n) is 5.25. The highest BCUT2D eigenvalue weighted by atomic mass is 16.5. The number of nitrogens with zero attached hydrogens (tertiary/aromatic N) is 2. The van der Waals surface area contributed by atoms with Crippen molar-refractivity contribution in [1.29, 1.82) is 0 Å². The number of aryl methyl sites for hydroxylation is 1. The molecule has 1 aliphatic carbocycles. The highest BCUT2D eigenvalue weighted by molar-refractivity contribution is 5.77. The van der Waals surface area contributed by atoms with Crippen molar-refractivity contribution in [2.45, 2.75) is 32.8 Å². The molecule has 0 radical (unpaired) electrons. The number of fused-ring (bicyclic) bond motifs is 1. The lowest BCUT2D eigenvalue weighted by atomic mass is 9.81. The van der Waals surface area contributed by atoms with Gasteiger partial charge in [-0.3, -0.25) is 9.78 Å². The van der Waals surface area contributed by atoms with E-state index in [0.29, 0.717) is 19.1 Å². The summed E-state index contributed by atoms with van der Waals surface area (Å²) in [5, 5.41) is 0. The van der Waals surface area contributed by atoms with Gasteiger partial charge in [-0.2, -0.15) is 0 Å². The Bertz CT molecular complexity index is 563. The molecule has 0 spiro atoms. The number of aromatic nitrogens is 1. The smallest absolute Gasteiger partial charge is 0.248 e. The molecule has 23 heavy (non-hydrogen) atoms. The number of rotatable bonds is 6. The van der Waals surface area contributed by atoms with E-state index in [2.05, 4.69) is 4.98 Å². The Morgan fingerprint density at radius 2 is 2.35 bits per heavy atom. The molecular weight excluding hydrogens is 292 g/mol. The van der Waals surface area contributed by atoms with Crippen LogP contribution in [0.2, 0.25) is 0 Å². The summed E-state index contributed by atoms with van der Waals surface area (Å²) in [5.41, 5.74) is 2.12. The Hall–Kier alpha value is -1.46. The molecule has 0 unspecified atom stereocenters.